The maximum absolute atomic E-state index is 12.5. The molecule has 1 aromatic heterocycles. The first-order chi connectivity index (χ1) is 12.6. The summed E-state index contributed by atoms with van der Waals surface area (Å²) in [6.07, 6.45) is 3.14. The number of nitrogens with zero attached hydrogens (tertiary/aromatic N) is 1. The van der Waals surface area contributed by atoms with Gasteiger partial charge in [-0.25, -0.2) is 0 Å². The average molecular weight is 342 g/mol. The number of nitro benzene ring substituents is 1. The minimum absolute atomic E-state index is 0.0262. The van der Waals surface area contributed by atoms with Crippen LogP contribution >= 0.6 is 0 Å². The van der Waals surface area contributed by atoms with E-state index in [1.807, 2.05) is 36.4 Å². The van der Waals surface area contributed by atoms with E-state index >= 15 is 0 Å². The molecule has 0 aliphatic carbocycles. The number of hydrogen-bond donors (Lipinski definition) is 1. The van der Waals surface area contributed by atoms with Crippen LogP contribution in [0.3, 0.4) is 0 Å². The molecule has 0 aliphatic rings. The summed E-state index contributed by atoms with van der Waals surface area (Å²) in [7, 11) is 0. The molecule has 5 heteroatoms. The van der Waals surface area contributed by atoms with Crippen LogP contribution in [0.25, 0.3) is 27.9 Å². The van der Waals surface area contributed by atoms with Crippen LogP contribution in [0.5, 0.6) is 0 Å². The summed E-state index contributed by atoms with van der Waals surface area (Å²) in [5, 5.41) is 12.8. The van der Waals surface area contributed by atoms with Gasteiger partial charge in [0.25, 0.3) is 5.69 Å². The normalized spacial score (nSPS) is 11.4. The Kier molecular flexibility index (Phi) is 3.82. The lowest BCUT2D eigenvalue weighted by Crippen LogP contribution is -1.93. The van der Waals surface area contributed by atoms with E-state index in [9.17, 15) is 14.9 Å². The van der Waals surface area contributed by atoms with E-state index in [-0.39, 0.29) is 11.5 Å². The van der Waals surface area contributed by atoms with Crippen molar-refractivity contribution in [3.8, 4) is 0 Å². The van der Waals surface area contributed by atoms with E-state index in [1.165, 1.54) is 18.2 Å². The Balaban J connectivity index is 1.63. The number of ketones is 1. The van der Waals surface area contributed by atoms with Crippen LogP contribution in [-0.2, 0) is 0 Å². The number of H-pyrrole nitrogens is 1. The molecule has 0 fully saturated rings. The highest BCUT2D eigenvalue weighted by Gasteiger charge is 2.08. The minimum atomic E-state index is -0.449. The summed E-state index contributed by atoms with van der Waals surface area (Å²) in [5.74, 6) is -0.115. The van der Waals surface area contributed by atoms with Crippen molar-refractivity contribution in [2.75, 3.05) is 0 Å². The van der Waals surface area contributed by atoms with Gasteiger partial charge < -0.3 is 4.98 Å². The lowest BCUT2D eigenvalue weighted by atomic mass is 10.1. The first kappa shape index (κ1) is 15.8. The van der Waals surface area contributed by atoms with Crippen LogP contribution in [0.1, 0.15) is 15.9 Å². The van der Waals surface area contributed by atoms with Crippen LogP contribution in [0.2, 0.25) is 0 Å². The zero-order chi connectivity index (χ0) is 18.1. The molecular weight excluding hydrogens is 328 g/mol. The number of para-hydroxylation sites is 1. The predicted octanol–water partition coefficient (Wildman–Crippen LogP) is 5.13. The molecule has 4 aromatic rings. The Morgan fingerprint density at radius 3 is 2.42 bits per heavy atom. The molecule has 0 bridgehead atoms. The highest BCUT2D eigenvalue weighted by atomic mass is 16.6. The summed E-state index contributed by atoms with van der Waals surface area (Å²) in [6, 6.07) is 19.6. The molecule has 0 saturated heterocycles. The van der Waals surface area contributed by atoms with Crippen molar-refractivity contribution < 1.29 is 9.72 Å². The molecule has 4 rings (SSSR count). The van der Waals surface area contributed by atoms with Crippen molar-refractivity contribution in [3.63, 3.8) is 0 Å². The first-order valence-corrected chi connectivity index (χ1v) is 8.09. The summed E-state index contributed by atoms with van der Waals surface area (Å²) in [4.78, 5) is 26.0. The smallest absolute Gasteiger partial charge is 0.269 e. The predicted molar refractivity (Wildman–Crippen MR) is 102 cm³/mol. The Bertz CT molecular complexity index is 1170. The Hall–Kier alpha value is -3.73. The zero-order valence-electron chi connectivity index (χ0n) is 13.7. The molecule has 1 N–H and O–H groups in total. The second kappa shape index (κ2) is 6.29. The molecule has 0 radical (unpaired) electrons. The quantitative estimate of drug-likeness (QED) is 0.242. The Labute approximate surface area is 148 Å². The molecule has 3 aromatic carbocycles. The van der Waals surface area contributed by atoms with E-state index in [4.69, 9.17) is 0 Å². The fourth-order valence-corrected chi connectivity index (χ4v) is 2.98. The van der Waals surface area contributed by atoms with Gasteiger partial charge in [0.2, 0.25) is 0 Å². The number of aromatic nitrogens is 1. The van der Waals surface area contributed by atoms with Gasteiger partial charge in [-0.15, -0.1) is 0 Å². The van der Waals surface area contributed by atoms with Gasteiger partial charge >= 0.3 is 0 Å². The second-order valence-electron chi connectivity index (χ2n) is 5.98. The number of hydrogen-bond acceptors (Lipinski definition) is 3. The van der Waals surface area contributed by atoms with Gasteiger partial charge in [0.15, 0.2) is 5.78 Å². The standard InChI is InChI=1S/C21H14N2O3/c24-21(12-7-14-5-9-16(10-6-14)23(25)26)15-8-11-20-18(13-15)17-3-1-2-4-19(17)22-20/h1-13,22H/b12-7+. The van der Waals surface area contributed by atoms with Crippen LogP contribution in [0.4, 0.5) is 5.69 Å². The molecule has 5 nitrogen and oxygen atoms in total. The fraction of sp³-hybridized carbons (Fsp3) is 0. The number of carbonyl (C=O) groups excluding carboxylic acids is 1. The largest absolute Gasteiger partial charge is 0.355 e. The number of carbonyl (C=O) groups is 1. The first-order valence-electron chi connectivity index (χ1n) is 8.09. The third-order valence-corrected chi connectivity index (χ3v) is 4.32. The third kappa shape index (κ3) is 2.86. The van der Waals surface area contributed by atoms with Crippen LogP contribution in [0, 0.1) is 10.1 Å². The minimum Gasteiger partial charge on any atom is -0.355 e. The molecule has 0 atom stereocenters. The number of rotatable bonds is 4. The van der Waals surface area contributed by atoms with Gasteiger partial charge in [0.1, 0.15) is 0 Å². The van der Waals surface area contributed by atoms with Crippen LogP contribution < -0.4 is 0 Å². The van der Waals surface area contributed by atoms with E-state index in [0.717, 1.165) is 27.4 Å². The molecule has 0 unspecified atom stereocenters. The van der Waals surface area contributed by atoms with Gasteiger partial charge in [0.05, 0.1) is 4.92 Å². The molecule has 0 amide bonds. The number of nitro groups is 1. The van der Waals surface area contributed by atoms with Gasteiger partial charge in [-0.05, 0) is 48.0 Å². The van der Waals surface area contributed by atoms with E-state index < -0.39 is 4.92 Å². The number of allylic oxidation sites excluding steroid dienone is 1. The van der Waals surface area contributed by atoms with E-state index in [1.54, 1.807) is 24.3 Å². The van der Waals surface area contributed by atoms with Crippen molar-refractivity contribution in [2.45, 2.75) is 0 Å². The second-order valence-corrected chi connectivity index (χ2v) is 5.98. The summed E-state index contributed by atoms with van der Waals surface area (Å²) >= 11 is 0. The maximum atomic E-state index is 12.5. The van der Waals surface area contributed by atoms with E-state index in [0.29, 0.717) is 5.56 Å². The topological polar surface area (TPSA) is 76.0 Å². The van der Waals surface area contributed by atoms with Crippen molar-refractivity contribution in [1.82, 2.24) is 4.98 Å². The number of nitrogens with one attached hydrogen (secondary N) is 1. The molecule has 0 spiro atoms. The van der Waals surface area contributed by atoms with Crippen molar-refractivity contribution in [3.05, 3.63) is 94.0 Å². The van der Waals surface area contributed by atoms with Gasteiger partial charge in [-0.3, -0.25) is 14.9 Å². The number of aromatic amines is 1. The highest BCUT2D eigenvalue weighted by Crippen LogP contribution is 2.26. The molecule has 126 valence electrons. The maximum Gasteiger partial charge on any atom is 0.269 e. The summed E-state index contributed by atoms with van der Waals surface area (Å²) in [6.45, 7) is 0. The van der Waals surface area contributed by atoms with Gasteiger partial charge in [-0.1, -0.05) is 24.3 Å². The van der Waals surface area contributed by atoms with Gasteiger partial charge in [-0.2, -0.15) is 0 Å². The number of benzene rings is 3. The SMILES string of the molecule is O=C(/C=C/c1ccc([N+](=O)[O-])cc1)c1ccc2[nH]c3ccccc3c2c1. The van der Waals surface area contributed by atoms with Crippen molar-refractivity contribution in [1.29, 1.82) is 0 Å². The lowest BCUT2D eigenvalue weighted by molar-refractivity contribution is -0.384. The van der Waals surface area contributed by atoms with E-state index in [2.05, 4.69) is 4.98 Å². The monoisotopic (exact) mass is 342 g/mol. The number of fused-ring (bicyclic) bond motifs is 3. The van der Waals surface area contributed by atoms with Gasteiger partial charge in [0, 0.05) is 39.5 Å². The van der Waals surface area contributed by atoms with Crippen LogP contribution in [0.15, 0.2) is 72.8 Å². The third-order valence-electron chi connectivity index (χ3n) is 4.32. The highest BCUT2D eigenvalue weighted by molar-refractivity contribution is 6.13. The Morgan fingerprint density at radius 1 is 0.923 bits per heavy atom. The molecule has 26 heavy (non-hydrogen) atoms. The summed E-state index contributed by atoms with van der Waals surface area (Å²) in [5.41, 5.74) is 3.38. The molecule has 0 saturated carbocycles. The Morgan fingerprint density at radius 2 is 1.65 bits per heavy atom. The van der Waals surface area contributed by atoms with Crippen molar-refractivity contribution in [2.24, 2.45) is 0 Å². The number of non-ortho nitro benzene ring substituents is 1. The van der Waals surface area contributed by atoms with Crippen LogP contribution in [-0.4, -0.2) is 15.7 Å². The summed E-state index contributed by atoms with van der Waals surface area (Å²) < 4.78 is 0. The lowest BCUT2D eigenvalue weighted by Gasteiger charge is -1.98. The average Bonchev–Trinajstić information content (AvgIpc) is 3.04. The molecule has 0 aliphatic heterocycles. The molecular formula is C21H14N2O3. The molecule has 1 heterocycles. The zero-order valence-corrected chi connectivity index (χ0v) is 13.7. The fourth-order valence-electron chi connectivity index (χ4n) is 2.98. The van der Waals surface area contributed by atoms with Crippen molar-refractivity contribution >= 4 is 39.4 Å².